The molecule has 1 unspecified atom stereocenters. The van der Waals surface area contributed by atoms with Gasteiger partial charge in [-0.15, -0.1) is 0 Å². The summed E-state index contributed by atoms with van der Waals surface area (Å²) in [5.74, 6) is 0.912. The Bertz CT molecular complexity index is 190. The molecule has 1 aliphatic heterocycles. The molecule has 0 bridgehead atoms. The van der Waals surface area contributed by atoms with E-state index in [1.165, 1.54) is 64.2 Å². The van der Waals surface area contributed by atoms with Crippen LogP contribution in [-0.4, -0.2) is 25.8 Å². The maximum absolute atomic E-state index is 5.57. The Morgan fingerprint density at radius 2 is 1.79 bits per heavy atom. The molecular formula is C17H35NO. The van der Waals surface area contributed by atoms with Crippen LogP contribution >= 0.6 is 0 Å². The predicted molar refractivity (Wildman–Crippen MR) is 83.6 cm³/mol. The third-order valence-corrected chi connectivity index (χ3v) is 4.28. The number of ether oxygens (including phenoxy) is 1. The zero-order chi connectivity index (χ0) is 13.8. The van der Waals surface area contributed by atoms with Crippen molar-refractivity contribution in [3.8, 4) is 0 Å². The molecule has 114 valence electrons. The Morgan fingerprint density at radius 3 is 2.47 bits per heavy atom. The molecule has 0 spiro atoms. The van der Waals surface area contributed by atoms with Crippen molar-refractivity contribution in [1.82, 2.24) is 5.32 Å². The van der Waals surface area contributed by atoms with E-state index in [4.69, 9.17) is 4.74 Å². The van der Waals surface area contributed by atoms with Crippen molar-refractivity contribution in [3.05, 3.63) is 0 Å². The first-order chi connectivity index (χ1) is 9.36. The number of nitrogens with one attached hydrogen (secondary N) is 1. The number of rotatable bonds is 11. The standard InChI is InChI=1S/C17H35NO/c1-3-5-6-7-8-9-11-16(10-4-2)14-17-15-19-13-12-18-17/h16-18H,3-15H2,1-2H3/t16?,17-/m0/s1. The zero-order valence-electron chi connectivity index (χ0n) is 13.3. The van der Waals surface area contributed by atoms with Crippen molar-refractivity contribution < 1.29 is 4.74 Å². The van der Waals surface area contributed by atoms with Gasteiger partial charge in [-0.1, -0.05) is 71.6 Å². The molecule has 0 radical (unpaired) electrons. The zero-order valence-corrected chi connectivity index (χ0v) is 13.3. The molecule has 0 aromatic rings. The van der Waals surface area contributed by atoms with Crippen LogP contribution in [0.25, 0.3) is 0 Å². The highest BCUT2D eigenvalue weighted by molar-refractivity contribution is 4.74. The number of hydrogen-bond donors (Lipinski definition) is 1. The van der Waals surface area contributed by atoms with Crippen molar-refractivity contribution in [1.29, 1.82) is 0 Å². The van der Waals surface area contributed by atoms with Crippen LogP contribution in [0.3, 0.4) is 0 Å². The van der Waals surface area contributed by atoms with Crippen molar-refractivity contribution >= 4 is 0 Å². The van der Waals surface area contributed by atoms with Crippen LogP contribution in [0.2, 0.25) is 0 Å². The van der Waals surface area contributed by atoms with Crippen LogP contribution in [0.4, 0.5) is 0 Å². The highest BCUT2D eigenvalue weighted by atomic mass is 16.5. The summed E-state index contributed by atoms with van der Waals surface area (Å²) in [6.07, 6.45) is 14.0. The maximum Gasteiger partial charge on any atom is 0.0620 e. The number of morpholine rings is 1. The summed E-state index contributed by atoms with van der Waals surface area (Å²) in [4.78, 5) is 0. The van der Waals surface area contributed by atoms with Crippen LogP contribution in [0.5, 0.6) is 0 Å². The van der Waals surface area contributed by atoms with Gasteiger partial charge in [0.1, 0.15) is 0 Å². The van der Waals surface area contributed by atoms with Crippen LogP contribution < -0.4 is 5.32 Å². The third kappa shape index (κ3) is 8.65. The lowest BCUT2D eigenvalue weighted by Gasteiger charge is -2.27. The molecule has 2 nitrogen and oxygen atoms in total. The van der Waals surface area contributed by atoms with E-state index >= 15 is 0 Å². The summed E-state index contributed by atoms with van der Waals surface area (Å²) in [7, 11) is 0. The van der Waals surface area contributed by atoms with Gasteiger partial charge < -0.3 is 10.1 Å². The molecule has 1 rings (SSSR count). The molecule has 0 aromatic heterocycles. The second-order valence-electron chi connectivity index (χ2n) is 6.17. The fourth-order valence-electron chi connectivity index (χ4n) is 3.18. The molecule has 1 aliphatic rings. The molecule has 0 aromatic carbocycles. The minimum atomic E-state index is 0.616. The molecule has 2 heteroatoms. The fraction of sp³-hybridized carbons (Fsp3) is 1.00. The molecule has 0 saturated carbocycles. The SMILES string of the molecule is CCCCCCCCC(CCC)C[C@H]1COCCN1. The summed E-state index contributed by atoms with van der Waals surface area (Å²) in [6, 6.07) is 0.616. The van der Waals surface area contributed by atoms with Gasteiger partial charge >= 0.3 is 0 Å². The molecule has 1 N–H and O–H groups in total. The van der Waals surface area contributed by atoms with E-state index in [9.17, 15) is 0 Å². The highest BCUT2D eigenvalue weighted by Gasteiger charge is 2.18. The maximum atomic E-state index is 5.57. The lowest BCUT2D eigenvalue weighted by Crippen LogP contribution is -2.42. The lowest BCUT2D eigenvalue weighted by molar-refractivity contribution is 0.0671. The second-order valence-corrected chi connectivity index (χ2v) is 6.17. The Kier molecular flexibility index (Phi) is 10.5. The van der Waals surface area contributed by atoms with E-state index in [1.54, 1.807) is 0 Å². The molecule has 1 saturated heterocycles. The van der Waals surface area contributed by atoms with E-state index in [0.717, 1.165) is 25.7 Å². The van der Waals surface area contributed by atoms with Crippen molar-refractivity contribution in [2.75, 3.05) is 19.8 Å². The summed E-state index contributed by atoms with van der Waals surface area (Å²) in [5, 5.41) is 3.60. The number of unbranched alkanes of at least 4 members (excludes halogenated alkanes) is 5. The van der Waals surface area contributed by atoms with Gasteiger partial charge in [0.2, 0.25) is 0 Å². The minimum Gasteiger partial charge on any atom is -0.379 e. The van der Waals surface area contributed by atoms with Gasteiger partial charge in [-0.2, -0.15) is 0 Å². The average molecular weight is 269 g/mol. The van der Waals surface area contributed by atoms with E-state index in [-0.39, 0.29) is 0 Å². The van der Waals surface area contributed by atoms with Gasteiger partial charge in [0.05, 0.1) is 13.2 Å². The second kappa shape index (κ2) is 11.7. The van der Waals surface area contributed by atoms with Gasteiger partial charge in [-0.05, 0) is 12.3 Å². The smallest absolute Gasteiger partial charge is 0.0620 e. The van der Waals surface area contributed by atoms with Gasteiger partial charge in [-0.25, -0.2) is 0 Å². The minimum absolute atomic E-state index is 0.616. The third-order valence-electron chi connectivity index (χ3n) is 4.28. The molecule has 19 heavy (non-hydrogen) atoms. The van der Waals surface area contributed by atoms with Gasteiger partial charge in [0, 0.05) is 12.6 Å². The van der Waals surface area contributed by atoms with Gasteiger partial charge in [-0.3, -0.25) is 0 Å². The first kappa shape index (κ1) is 17.0. The molecule has 2 atom stereocenters. The molecular weight excluding hydrogens is 234 g/mol. The van der Waals surface area contributed by atoms with Crippen LogP contribution in [0, 0.1) is 5.92 Å². The molecule has 0 amide bonds. The van der Waals surface area contributed by atoms with Crippen molar-refractivity contribution in [3.63, 3.8) is 0 Å². The van der Waals surface area contributed by atoms with Crippen LogP contribution in [-0.2, 0) is 4.74 Å². The molecule has 1 fully saturated rings. The molecule has 1 heterocycles. The highest BCUT2D eigenvalue weighted by Crippen LogP contribution is 2.22. The quantitative estimate of drug-likeness (QED) is 0.556. The van der Waals surface area contributed by atoms with Crippen molar-refractivity contribution in [2.24, 2.45) is 5.92 Å². The Morgan fingerprint density at radius 1 is 1.00 bits per heavy atom. The predicted octanol–water partition coefficient (Wildman–Crippen LogP) is 4.53. The van der Waals surface area contributed by atoms with E-state index < -0.39 is 0 Å². The summed E-state index contributed by atoms with van der Waals surface area (Å²) >= 11 is 0. The fourth-order valence-corrected chi connectivity index (χ4v) is 3.18. The van der Waals surface area contributed by atoms with Crippen LogP contribution in [0.1, 0.15) is 78.1 Å². The van der Waals surface area contributed by atoms with Crippen LogP contribution in [0.15, 0.2) is 0 Å². The normalized spacial score (nSPS) is 21.5. The number of hydrogen-bond acceptors (Lipinski definition) is 2. The summed E-state index contributed by atoms with van der Waals surface area (Å²) in [5.41, 5.74) is 0. The molecule has 0 aliphatic carbocycles. The topological polar surface area (TPSA) is 21.3 Å². The Labute approximate surface area is 120 Å². The lowest BCUT2D eigenvalue weighted by atomic mass is 9.90. The Balaban J connectivity index is 2.09. The largest absolute Gasteiger partial charge is 0.379 e. The first-order valence-electron chi connectivity index (χ1n) is 8.68. The summed E-state index contributed by atoms with van der Waals surface area (Å²) < 4.78 is 5.57. The van der Waals surface area contributed by atoms with E-state index in [1.807, 2.05) is 0 Å². The van der Waals surface area contributed by atoms with Gasteiger partial charge in [0.25, 0.3) is 0 Å². The average Bonchev–Trinajstić information content (AvgIpc) is 2.44. The van der Waals surface area contributed by atoms with Gasteiger partial charge in [0.15, 0.2) is 0 Å². The monoisotopic (exact) mass is 269 g/mol. The van der Waals surface area contributed by atoms with E-state index in [0.29, 0.717) is 6.04 Å². The Hall–Kier alpha value is -0.0800. The first-order valence-corrected chi connectivity index (χ1v) is 8.68. The summed E-state index contributed by atoms with van der Waals surface area (Å²) in [6.45, 7) is 7.47. The van der Waals surface area contributed by atoms with E-state index in [2.05, 4.69) is 19.2 Å². The van der Waals surface area contributed by atoms with Crippen molar-refractivity contribution in [2.45, 2.75) is 84.1 Å².